The summed E-state index contributed by atoms with van der Waals surface area (Å²) in [7, 11) is 0. The van der Waals surface area contributed by atoms with E-state index in [0.717, 1.165) is 11.3 Å². The van der Waals surface area contributed by atoms with E-state index in [2.05, 4.69) is 4.98 Å². The van der Waals surface area contributed by atoms with Crippen LogP contribution >= 0.6 is 34.8 Å². The molecule has 1 aromatic rings. The Morgan fingerprint density at radius 3 is 2.64 bits per heavy atom. The number of aliphatic hydroxyl groups is 1. The Morgan fingerprint density at radius 1 is 1.50 bits per heavy atom. The minimum Gasteiger partial charge on any atom is -0.388 e. The predicted octanol–water partition coefficient (Wildman–Crippen LogP) is 2.66. The normalized spacial score (nSPS) is 14.1. The molecule has 0 radical (unpaired) electrons. The summed E-state index contributed by atoms with van der Waals surface area (Å²) >= 11 is 16.6. The molecule has 1 atom stereocenters. The van der Waals surface area contributed by atoms with Crippen molar-refractivity contribution in [2.75, 3.05) is 0 Å². The van der Waals surface area contributed by atoms with Crippen LogP contribution in [-0.2, 0) is 6.42 Å². The molecule has 1 rings (SSSR count). The Bertz CT molecular complexity index is 311. The molecule has 0 saturated heterocycles. The second-order valence-electron chi connectivity index (χ2n) is 3.03. The van der Waals surface area contributed by atoms with Crippen molar-refractivity contribution in [3.8, 4) is 0 Å². The van der Waals surface area contributed by atoms with Gasteiger partial charge >= 0.3 is 0 Å². The number of nitrogens with zero attached hydrogens (tertiary/aromatic N) is 1. The molecule has 0 fully saturated rings. The quantitative estimate of drug-likeness (QED) is 0.823. The highest BCUT2D eigenvalue weighted by atomic mass is 35.6. The number of aryl methyl sites for hydroxylation is 1. The van der Waals surface area contributed by atoms with E-state index >= 15 is 0 Å². The maximum Gasteiger partial charge on any atom is 0.216 e. The first kappa shape index (κ1) is 12.1. The molecule has 1 N–H and O–H groups in total. The fourth-order valence-electron chi connectivity index (χ4n) is 1.03. The number of aliphatic hydroxyl groups excluding tert-OH is 1. The molecule has 78 valence electrons. The molecule has 0 spiro atoms. The van der Waals surface area contributed by atoms with Gasteiger partial charge in [-0.05, 0) is 18.6 Å². The molecular formula is C9H10Cl3NO. The van der Waals surface area contributed by atoms with E-state index in [9.17, 15) is 5.11 Å². The van der Waals surface area contributed by atoms with Crippen molar-refractivity contribution in [1.29, 1.82) is 0 Å². The van der Waals surface area contributed by atoms with Crippen molar-refractivity contribution in [3.05, 3.63) is 29.6 Å². The molecule has 0 saturated carbocycles. The molecule has 0 amide bonds. The van der Waals surface area contributed by atoms with Crippen molar-refractivity contribution in [1.82, 2.24) is 4.98 Å². The van der Waals surface area contributed by atoms with Crippen molar-refractivity contribution in [3.63, 3.8) is 0 Å². The van der Waals surface area contributed by atoms with Gasteiger partial charge in [0.1, 0.15) is 6.10 Å². The highest BCUT2D eigenvalue weighted by molar-refractivity contribution is 6.68. The van der Waals surface area contributed by atoms with E-state index in [4.69, 9.17) is 34.8 Å². The van der Waals surface area contributed by atoms with Crippen molar-refractivity contribution in [2.45, 2.75) is 23.2 Å². The summed E-state index contributed by atoms with van der Waals surface area (Å²) in [5.74, 6) is 0. The van der Waals surface area contributed by atoms with E-state index in [1.807, 2.05) is 19.1 Å². The van der Waals surface area contributed by atoms with Gasteiger partial charge in [0.2, 0.25) is 3.79 Å². The Morgan fingerprint density at radius 2 is 2.14 bits per heavy atom. The SMILES string of the molecule is Cc1cccnc1C[C@@H](O)C(Cl)(Cl)Cl. The zero-order valence-electron chi connectivity index (χ0n) is 7.54. The van der Waals surface area contributed by atoms with Crippen molar-refractivity contribution in [2.24, 2.45) is 0 Å². The van der Waals surface area contributed by atoms with Crippen LogP contribution in [0.5, 0.6) is 0 Å². The molecule has 0 unspecified atom stereocenters. The lowest BCUT2D eigenvalue weighted by Crippen LogP contribution is -2.28. The molecule has 0 aromatic carbocycles. The number of aromatic nitrogens is 1. The number of pyridine rings is 1. The standard InChI is InChI=1S/C9H10Cl3NO/c1-6-3-2-4-13-7(6)5-8(14)9(10,11)12/h2-4,8,14H,5H2,1H3/t8-/m1/s1. The van der Waals surface area contributed by atoms with Gasteiger partial charge in [0.15, 0.2) is 0 Å². The molecule has 0 aliphatic rings. The van der Waals surface area contributed by atoms with Crippen LogP contribution in [0.25, 0.3) is 0 Å². The predicted molar refractivity (Wildman–Crippen MR) is 59.0 cm³/mol. The molecule has 0 aliphatic heterocycles. The van der Waals surface area contributed by atoms with Gasteiger partial charge in [0, 0.05) is 18.3 Å². The second kappa shape index (κ2) is 4.67. The van der Waals surface area contributed by atoms with E-state index in [-0.39, 0.29) is 6.42 Å². The fourth-order valence-corrected chi connectivity index (χ4v) is 1.26. The molecule has 1 aromatic heterocycles. The maximum atomic E-state index is 9.53. The minimum atomic E-state index is -1.66. The zero-order valence-corrected chi connectivity index (χ0v) is 9.81. The van der Waals surface area contributed by atoms with Crippen LogP contribution in [0.2, 0.25) is 0 Å². The molecule has 2 nitrogen and oxygen atoms in total. The smallest absolute Gasteiger partial charge is 0.216 e. The maximum absolute atomic E-state index is 9.53. The zero-order chi connectivity index (χ0) is 10.8. The van der Waals surface area contributed by atoms with Gasteiger partial charge < -0.3 is 5.11 Å². The highest BCUT2D eigenvalue weighted by Crippen LogP contribution is 2.31. The van der Waals surface area contributed by atoms with Gasteiger partial charge in [-0.1, -0.05) is 40.9 Å². The lowest BCUT2D eigenvalue weighted by Gasteiger charge is -2.18. The van der Waals surface area contributed by atoms with Gasteiger partial charge in [0.05, 0.1) is 0 Å². The third-order valence-electron chi connectivity index (χ3n) is 1.88. The Balaban J connectivity index is 2.75. The third kappa shape index (κ3) is 3.28. The minimum absolute atomic E-state index is 0.239. The summed E-state index contributed by atoms with van der Waals surface area (Å²) < 4.78 is -1.66. The Kier molecular flexibility index (Phi) is 4.02. The first-order chi connectivity index (χ1) is 6.41. The van der Waals surface area contributed by atoms with Crippen molar-refractivity contribution >= 4 is 34.8 Å². The second-order valence-corrected chi connectivity index (χ2v) is 5.40. The highest BCUT2D eigenvalue weighted by Gasteiger charge is 2.31. The van der Waals surface area contributed by atoms with Crippen molar-refractivity contribution < 1.29 is 5.11 Å². The molecule has 5 heteroatoms. The number of hydrogen-bond donors (Lipinski definition) is 1. The summed E-state index contributed by atoms with van der Waals surface area (Å²) in [6.07, 6.45) is 0.845. The third-order valence-corrected chi connectivity index (χ3v) is 2.64. The van der Waals surface area contributed by atoms with Crippen LogP contribution in [0.15, 0.2) is 18.3 Å². The summed E-state index contributed by atoms with van der Waals surface area (Å²) in [6, 6.07) is 3.72. The largest absolute Gasteiger partial charge is 0.388 e. The first-order valence-electron chi connectivity index (χ1n) is 4.06. The lowest BCUT2D eigenvalue weighted by atomic mass is 10.1. The van der Waals surface area contributed by atoms with Crippen LogP contribution in [0.1, 0.15) is 11.3 Å². The van der Waals surface area contributed by atoms with E-state index < -0.39 is 9.90 Å². The van der Waals surface area contributed by atoms with Gasteiger partial charge in [-0.15, -0.1) is 0 Å². The summed E-state index contributed by atoms with van der Waals surface area (Å²) in [6.45, 7) is 1.90. The van der Waals surface area contributed by atoms with E-state index in [1.165, 1.54) is 0 Å². The van der Waals surface area contributed by atoms with E-state index in [0.29, 0.717) is 0 Å². The van der Waals surface area contributed by atoms with E-state index in [1.54, 1.807) is 6.20 Å². The number of halogens is 3. The number of rotatable bonds is 2. The summed E-state index contributed by atoms with van der Waals surface area (Å²) in [5.41, 5.74) is 1.71. The van der Waals surface area contributed by atoms with Crippen LogP contribution in [-0.4, -0.2) is 20.0 Å². The van der Waals surface area contributed by atoms with Gasteiger partial charge in [-0.25, -0.2) is 0 Å². The fraction of sp³-hybridized carbons (Fsp3) is 0.444. The monoisotopic (exact) mass is 253 g/mol. The lowest BCUT2D eigenvalue weighted by molar-refractivity contribution is 0.178. The number of hydrogen-bond acceptors (Lipinski definition) is 2. The average molecular weight is 255 g/mol. The van der Waals surface area contributed by atoms with Gasteiger partial charge in [-0.2, -0.15) is 0 Å². The summed E-state index contributed by atoms with van der Waals surface area (Å²) in [5, 5.41) is 9.53. The van der Waals surface area contributed by atoms with Crippen LogP contribution in [0, 0.1) is 6.92 Å². The van der Waals surface area contributed by atoms with Crippen LogP contribution in [0.4, 0.5) is 0 Å². The summed E-state index contributed by atoms with van der Waals surface area (Å²) in [4.78, 5) is 4.10. The Labute approximate surface area is 97.8 Å². The molecule has 0 aliphatic carbocycles. The Hall–Kier alpha value is -0.0200. The van der Waals surface area contributed by atoms with Gasteiger partial charge in [0.25, 0.3) is 0 Å². The molecule has 0 bridgehead atoms. The molecular weight excluding hydrogens is 244 g/mol. The molecule has 1 heterocycles. The van der Waals surface area contributed by atoms with Gasteiger partial charge in [-0.3, -0.25) is 4.98 Å². The van der Waals surface area contributed by atoms with Crippen LogP contribution < -0.4 is 0 Å². The number of alkyl halides is 3. The first-order valence-corrected chi connectivity index (χ1v) is 5.20. The topological polar surface area (TPSA) is 33.1 Å². The average Bonchev–Trinajstić information content (AvgIpc) is 2.07. The van der Waals surface area contributed by atoms with Crippen LogP contribution in [0.3, 0.4) is 0 Å². The molecule has 14 heavy (non-hydrogen) atoms.